The molecule has 0 amide bonds. The fourth-order valence-corrected chi connectivity index (χ4v) is 3.78. The van der Waals surface area contributed by atoms with Gasteiger partial charge in [0.2, 0.25) is 0 Å². The Kier molecular flexibility index (Phi) is 1.99. The van der Waals surface area contributed by atoms with Crippen molar-refractivity contribution in [3.8, 4) is 0 Å². The standard InChI is InChI=1S/C15H17NO/c1-4-11-10-12-5-3-9-17-15(12)13-6-2-8-16(7-1)14(11)13/h1-3,7-11,13-15H,4-6H2. The van der Waals surface area contributed by atoms with Crippen LogP contribution in [0.4, 0.5) is 0 Å². The Labute approximate surface area is 102 Å². The van der Waals surface area contributed by atoms with E-state index >= 15 is 0 Å². The van der Waals surface area contributed by atoms with Crippen LogP contribution in [-0.2, 0) is 4.74 Å². The lowest BCUT2D eigenvalue weighted by molar-refractivity contribution is 0.0330. The summed E-state index contributed by atoms with van der Waals surface area (Å²) in [4.78, 5) is 2.39. The Morgan fingerprint density at radius 2 is 2.00 bits per heavy atom. The molecule has 0 saturated heterocycles. The van der Waals surface area contributed by atoms with Gasteiger partial charge >= 0.3 is 0 Å². The molecule has 0 aromatic heterocycles. The molecule has 0 bridgehead atoms. The molecule has 2 nitrogen and oxygen atoms in total. The van der Waals surface area contributed by atoms with Crippen LogP contribution in [0.25, 0.3) is 0 Å². The highest BCUT2D eigenvalue weighted by molar-refractivity contribution is 5.28. The lowest BCUT2D eigenvalue weighted by atomic mass is 9.69. The van der Waals surface area contributed by atoms with E-state index in [1.54, 1.807) is 0 Å². The largest absolute Gasteiger partial charge is 0.494 e. The topological polar surface area (TPSA) is 12.5 Å². The summed E-state index contributed by atoms with van der Waals surface area (Å²) in [6.45, 7) is 0. The number of ether oxygens (including phenoxy) is 1. The van der Waals surface area contributed by atoms with Gasteiger partial charge in [-0.3, -0.25) is 0 Å². The van der Waals surface area contributed by atoms with E-state index in [0.29, 0.717) is 24.0 Å². The van der Waals surface area contributed by atoms with Gasteiger partial charge in [-0.1, -0.05) is 18.2 Å². The monoisotopic (exact) mass is 227 g/mol. The summed E-state index contributed by atoms with van der Waals surface area (Å²) in [5, 5.41) is 0. The molecule has 4 atom stereocenters. The molecule has 3 aliphatic heterocycles. The summed E-state index contributed by atoms with van der Waals surface area (Å²) in [5.41, 5.74) is 1.50. The van der Waals surface area contributed by atoms with Crippen molar-refractivity contribution >= 4 is 0 Å². The molecule has 0 fully saturated rings. The van der Waals surface area contributed by atoms with E-state index < -0.39 is 0 Å². The summed E-state index contributed by atoms with van der Waals surface area (Å²) < 4.78 is 5.88. The minimum atomic E-state index is 0.320. The molecule has 0 spiro atoms. The molecule has 1 aliphatic carbocycles. The molecule has 0 aromatic carbocycles. The van der Waals surface area contributed by atoms with E-state index in [-0.39, 0.29) is 0 Å². The Bertz CT molecular complexity index is 446. The predicted octanol–water partition coefficient (Wildman–Crippen LogP) is 2.97. The van der Waals surface area contributed by atoms with Gasteiger partial charge in [-0.05, 0) is 43.3 Å². The van der Waals surface area contributed by atoms with Crippen molar-refractivity contribution < 1.29 is 4.74 Å². The Morgan fingerprint density at radius 1 is 1.12 bits per heavy atom. The maximum atomic E-state index is 5.88. The fraction of sp³-hybridized carbons (Fsp3) is 0.467. The van der Waals surface area contributed by atoms with Crippen LogP contribution in [-0.4, -0.2) is 17.0 Å². The number of fused-ring (bicyclic) bond motifs is 2. The van der Waals surface area contributed by atoms with Crippen molar-refractivity contribution in [1.82, 2.24) is 4.90 Å². The van der Waals surface area contributed by atoms with Crippen LogP contribution in [0.5, 0.6) is 0 Å². The van der Waals surface area contributed by atoms with Crippen LogP contribution < -0.4 is 0 Å². The number of hydrogen-bond acceptors (Lipinski definition) is 2. The van der Waals surface area contributed by atoms with Gasteiger partial charge in [0.15, 0.2) is 0 Å². The molecule has 0 N–H and O–H groups in total. The zero-order valence-corrected chi connectivity index (χ0v) is 9.83. The van der Waals surface area contributed by atoms with Crippen LogP contribution in [0.3, 0.4) is 0 Å². The van der Waals surface area contributed by atoms with Crippen LogP contribution in [0, 0.1) is 11.8 Å². The van der Waals surface area contributed by atoms with Gasteiger partial charge in [-0.15, -0.1) is 0 Å². The average Bonchev–Trinajstić information content (AvgIpc) is 2.39. The van der Waals surface area contributed by atoms with Gasteiger partial charge in [0.05, 0.1) is 6.26 Å². The lowest BCUT2D eigenvalue weighted by Gasteiger charge is -2.49. The highest BCUT2D eigenvalue weighted by atomic mass is 16.5. The van der Waals surface area contributed by atoms with Crippen molar-refractivity contribution in [2.24, 2.45) is 11.8 Å². The molecule has 0 saturated carbocycles. The number of rotatable bonds is 0. The first-order valence-corrected chi connectivity index (χ1v) is 6.55. The third kappa shape index (κ3) is 1.33. The summed E-state index contributed by atoms with van der Waals surface area (Å²) >= 11 is 0. The Morgan fingerprint density at radius 3 is 2.94 bits per heavy atom. The molecule has 2 heteroatoms. The van der Waals surface area contributed by atoms with Crippen molar-refractivity contribution in [2.45, 2.75) is 31.4 Å². The van der Waals surface area contributed by atoms with Crippen molar-refractivity contribution in [2.75, 3.05) is 0 Å². The first-order chi connectivity index (χ1) is 8.43. The second-order valence-corrected chi connectivity index (χ2v) is 5.38. The van der Waals surface area contributed by atoms with E-state index in [2.05, 4.69) is 41.6 Å². The van der Waals surface area contributed by atoms with Gasteiger partial charge in [-0.2, -0.15) is 0 Å². The molecule has 3 heterocycles. The second-order valence-electron chi connectivity index (χ2n) is 5.38. The quantitative estimate of drug-likeness (QED) is 0.590. The molecule has 4 unspecified atom stereocenters. The van der Waals surface area contributed by atoms with Crippen molar-refractivity contribution in [1.29, 1.82) is 0 Å². The minimum Gasteiger partial charge on any atom is -0.494 e. The van der Waals surface area contributed by atoms with Crippen molar-refractivity contribution in [3.05, 3.63) is 48.5 Å². The molecule has 0 aromatic rings. The highest BCUT2D eigenvalue weighted by Crippen LogP contribution is 2.44. The van der Waals surface area contributed by atoms with Crippen LogP contribution >= 0.6 is 0 Å². The fourth-order valence-electron chi connectivity index (χ4n) is 3.78. The van der Waals surface area contributed by atoms with E-state index in [9.17, 15) is 0 Å². The maximum absolute atomic E-state index is 5.88. The smallest absolute Gasteiger partial charge is 0.124 e. The lowest BCUT2D eigenvalue weighted by Crippen LogP contribution is -2.51. The van der Waals surface area contributed by atoms with Gasteiger partial charge in [0.1, 0.15) is 6.10 Å². The van der Waals surface area contributed by atoms with Crippen LogP contribution in [0.15, 0.2) is 48.5 Å². The summed E-state index contributed by atoms with van der Waals surface area (Å²) in [6, 6.07) is 0.616. The normalized spacial score (nSPS) is 41.4. The molecule has 88 valence electrons. The molecular formula is C15H17NO. The van der Waals surface area contributed by atoms with E-state index in [1.807, 2.05) is 6.26 Å². The van der Waals surface area contributed by atoms with E-state index in [1.165, 1.54) is 12.0 Å². The third-order valence-electron chi connectivity index (χ3n) is 4.45. The predicted molar refractivity (Wildman–Crippen MR) is 66.8 cm³/mol. The zero-order chi connectivity index (χ0) is 11.2. The maximum Gasteiger partial charge on any atom is 0.124 e. The zero-order valence-electron chi connectivity index (χ0n) is 9.83. The molecule has 4 rings (SSSR count). The van der Waals surface area contributed by atoms with Gasteiger partial charge in [0, 0.05) is 17.9 Å². The summed E-state index contributed by atoms with van der Waals surface area (Å²) in [7, 11) is 0. The Hall–Kier alpha value is -1.44. The summed E-state index contributed by atoms with van der Waals surface area (Å²) in [5.74, 6) is 1.30. The molecule has 17 heavy (non-hydrogen) atoms. The average molecular weight is 227 g/mol. The van der Waals surface area contributed by atoms with Crippen LogP contribution in [0.2, 0.25) is 0 Å². The number of hydrogen-bond donors (Lipinski definition) is 0. The second kappa shape index (κ2) is 3.52. The van der Waals surface area contributed by atoms with Crippen molar-refractivity contribution in [3.63, 3.8) is 0 Å². The first-order valence-electron chi connectivity index (χ1n) is 6.55. The Balaban J connectivity index is 1.79. The van der Waals surface area contributed by atoms with E-state index in [4.69, 9.17) is 4.74 Å². The first kappa shape index (κ1) is 9.58. The SMILES string of the molecule is C1=COC2C(=CC3CC=CN4C=CCC2C34)C1. The third-order valence-corrected chi connectivity index (χ3v) is 4.45. The number of nitrogens with zero attached hydrogens (tertiary/aromatic N) is 1. The molecular weight excluding hydrogens is 210 g/mol. The summed E-state index contributed by atoms with van der Waals surface area (Å²) in [6.07, 6.45) is 19.3. The minimum absolute atomic E-state index is 0.320. The van der Waals surface area contributed by atoms with Crippen LogP contribution in [0.1, 0.15) is 19.3 Å². The molecule has 0 radical (unpaired) electrons. The molecule has 4 aliphatic rings. The van der Waals surface area contributed by atoms with Gasteiger partial charge in [-0.25, -0.2) is 0 Å². The number of allylic oxidation sites excluding steroid dienone is 3. The van der Waals surface area contributed by atoms with Gasteiger partial charge in [0.25, 0.3) is 0 Å². The van der Waals surface area contributed by atoms with Gasteiger partial charge < -0.3 is 9.64 Å². The van der Waals surface area contributed by atoms with E-state index in [0.717, 1.165) is 12.8 Å². The highest BCUT2D eigenvalue weighted by Gasteiger charge is 2.44.